The van der Waals surface area contributed by atoms with Crippen LogP contribution in [-0.2, 0) is 0 Å². The van der Waals surface area contributed by atoms with Crippen molar-refractivity contribution in [3.63, 3.8) is 0 Å². The Hall–Kier alpha value is -0.740. The van der Waals surface area contributed by atoms with Gasteiger partial charge in [-0.25, -0.2) is 0 Å². The number of aliphatic hydroxyl groups excluding tert-OH is 1. The lowest BCUT2D eigenvalue weighted by Crippen LogP contribution is -2.22. The number of nitrogens with two attached hydrogens (primary N) is 1. The number of halogens is 1. The van der Waals surface area contributed by atoms with Crippen LogP contribution in [0.25, 0.3) is 0 Å². The molecule has 0 radical (unpaired) electrons. The van der Waals surface area contributed by atoms with Crippen LogP contribution in [0, 0.1) is 0 Å². The number of hydrogen-bond donors (Lipinski definition) is 3. The Bertz CT molecular complexity index is 300. The lowest BCUT2D eigenvalue weighted by Gasteiger charge is -2.16. The maximum Gasteiger partial charge on any atom is 0.0632 e. The van der Waals surface area contributed by atoms with E-state index in [-0.39, 0.29) is 12.6 Å². The third-order valence-electron chi connectivity index (χ3n) is 2.07. The van der Waals surface area contributed by atoms with Gasteiger partial charge in [0.2, 0.25) is 0 Å². The normalized spacial score (nSPS) is 12.5. The van der Waals surface area contributed by atoms with Gasteiger partial charge in [0.1, 0.15) is 0 Å². The van der Waals surface area contributed by atoms with Crippen LogP contribution in [-0.4, -0.2) is 17.8 Å². The molecule has 4 heteroatoms. The zero-order valence-electron chi connectivity index (χ0n) is 8.13. The highest BCUT2D eigenvalue weighted by Gasteiger charge is 2.06. The number of benzene rings is 1. The number of nitrogen functional groups attached to an aromatic ring is 1. The third-order valence-corrected chi connectivity index (χ3v) is 2.72. The van der Waals surface area contributed by atoms with Crippen LogP contribution in [0.5, 0.6) is 0 Å². The minimum absolute atomic E-state index is 0.0925. The standard InChI is InChI=1S/C10H15BrN2O/c1-2-8(6-14)13-10-4-3-7(12)5-9(10)11/h3-5,8,13-14H,2,6,12H2,1H3. The van der Waals surface area contributed by atoms with Crippen LogP contribution in [0.1, 0.15) is 13.3 Å². The Morgan fingerprint density at radius 3 is 2.79 bits per heavy atom. The van der Waals surface area contributed by atoms with Gasteiger partial charge in [-0.2, -0.15) is 0 Å². The van der Waals surface area contributed by atoms with Crippen LogP contribution in [0.15, 0.2) is 22.7 Å². The first-order valence-corrected chi connectivity index (χ1v) is 5.39. The highest BCUT2D eigenvalue weighted by atomic mass is 79.9. The van der Waals surface area contributed by atoms with Crippen LogP contribution >= 0.6 is 15.9 Å². The molecule has 4 N–H and O–H groups in total. The summed E-state index contributed by atoms with van der Waals surface area (Å²) in [6.07, 6.45) is 0.882. The van der Waals surface area contributed by atoms with E-state index in [1.54, 1.807) is 0 Å². The molecule has 0 bridgehead atoms. The zero-order valence-corrected chi connectivity index (χ0v) is 9.71. The second-order valence-electron chi connectivity index (χ2n) is 3.17. The number of aliphatic hydroxyl groups is 1. The molecular weight excluding hydrogens is 244 g/mol. The summed E-state index contributed by atoms with van der Waals surface area (Å²) in [5.41, 5.74) is 7.30. The molecule has 0 heterocycles. The Labute approximate surface area is 92.4 Å². The Balaban J connectivity index is 2.76. The Kier molecular flexibility index (Phi) is 4.22. The molecule has 0 saturated carbocycles. The molecule has 0 aromatic heterocycles. The van der Waals surface area contributed by atoms with Gasteiger partial charge in [-0.05, 0) is 40.5 Å². The van der Waals surface area contributed by atoms with Crippen molar-refractivity contribution in [2.45, 2.75) is 19.4 Å². The average molecular weight is 259 g/mol. The SMILES string of the molecule is CCC(CO)Nc1ccc(N)cc1Br. The molecule has 1 atom stereocenters. The van der Waals surface area contributed by atoms with Gasteiger partial charge in [-0.1, -0.05) is 6.92 Å². The third kappa shape index (κ3) is 2.89. The van der Waals surface area contributed by atoms with Crippen LogP contribution < -0.4 is 11.1 Å². The first-order valence-electron chi connectivity index (χ1n) is 4.59. The van der Waals surface area contributed by atoms with Gasteiger partial charge in [-0.15, -0.1) is 0 Å². The maximum absolute atomic E-state index is 9.03. The van der Waals surface area contributed by atoms with E-state index >= 15 is 0 Å². The predicted molar refractivity (Wildman–Crippen MR) is 63.3 cm³/mol. The fraction of sp³-hybridized carbons (Fsp3) is 0.400. The van der Waals surface area contributed by atoms with Crippen LogP contribution in [0.2, 0.25) is 0 Å². The summed E-state index contributed by atoms with van der Waals surface area (Å²) in [5, 5.41) is 12.3. The van der Waals surface area contributed by atoms with Crippen molar-refractivity contribution in [1.82, 2.24) is 0 Å². The van der Waals surface area contributed by atoms with Gasteiger partial charge < -0.3 is 16.2 Å². The minimum atomic E-state index is 0.0925. The largest absolute Gasteiger partial charge is 0.399 e. The van der Waals surface area contributed by atoms with Crippen LogP contribution in [0.3, 0.4) is 0 Å². The molecule has 0 spiro atoms. The van der Waals surface area contributed by atoms with Gasteiger partial charge in [0, 0.05) is 21.9 Å². The first-order chi connectivity index (χ1) is 6.67. The fourth-order valence-electron chi connectivity index (χ4n) is 1.15. The monoisotopic (exact) mass is 258 g/mol. The van der Waals surface area contributed by atoms with Gasteiger partial charge >= 0.3 is 0 Å². The van der Waals surface area contributed by atoms with E-state index in [1.807, 2.05) is 25.1 Å². The Morgan fingerprint density at radius 1 is 1.57 bits per heavy atom. The minimum Gasteiger partial charge on any atom is -0.399 e. The van der Waals surface area contributed by atoms with Crippen LogP contribution in [0.4, 0.5) is 11.4 Å². The van der Waals surface area contributed by atoms with Crippen molar-refractivity contribution in [3.05, 3.63) is 22.7 Å². The summed E-state index contributed by atoms with van der Waals surface area (Å²) >= 11 is 3.41. The predicted octanol–water partition coefficient (Wildman–Crippen LogP) is 2.21. The molecule has 0 aliphatic heterocycles. The first kappa shape index (κ1) is 11.3. The maximum atomic E-state index is 9.03. The van der Waals surface area contributed by atoms with E-state index < -0.39 is 0 Å². The van der Waals surface area contributed by atoms with Crippen molar-refractivity contribution >= 4 is 27.3 Å². The second-order valence-corrected chi connectivity index (χ2v) is 4.03. The van der Waals surface area contributed by atoms with E-state index in [9.17, 15) is 0 Å². The molecule has 1 aromatic rings. The number of hydrogen-bond acceptors (Lipinski definition) is 3. The molecule has 0 fully saturated rings. The molecule has 14 heavy (non-hydrogen) atoms. The van der Waals surface area contributed by atoms with Crippen molar-refractivity contribution in [2.24, 2.45) is 0 Å². The van der Waals surface area contributed by atoms with E-state index in [2.05, 4.69) is 21.2 Å². The molecule has 1 rings (SSSR count). The number of anilines is 2. The molecule has 1 aromatic carbocycles. The lowest BCUT2D eigenvalue weighted by molar-refractivity contribution is 0.272. The van der Waals surface area contributed by atoms with E-state index in [0.29, 0.717) is 0 Å². The van der Waals surface area contributed by atoms with E-state index in [0.717, 1.165) is 22.3 Å². The van der Waals surface area contributed by atoms with Gasteiger partial charge in [-0.3, -0.25) is 0 Å². The average Bonchev–Trinajstić information content (AvgIpc) is 2.17. The topological polar surface area (TPSA) is 58.3 Å². The molecule has 78 valence electrons. The molecule has 0 amide bonds. The van der Waals surface area contributed by atoms with Crippen molar-refractivity contribution in [3.8, 4) is 0 Å². The smallest absolute Gasteiger partial charge is 0.0632 e. The second kappa shape index (κ2) is 5.22. The summed E-state index contributed by atoms with van der Waals surface area (Å²) in [5.74, 6) is 0. The molecular formula is C10H15BrN2O. The summed E-state index contributed by atoms with van der Waals surface area (Å²) < 4.78 is 0.921. The molecule has 3 nitrogen and oxygen atoms in total. The van der Waals surface area contributed by atoms with Gasteiger partial charge in [0.05, 0.1) is 6.61 Å². The quantitative estimate of drug-likeness (QED) is 0.726. The molecule has 0 saturated heterocycles. The number of nitrogens with one attached hydrogen (secondary N) is 1. The van der Waals surface area contributed by atoms with Crippen molar-refractivity contribution < 1.29 is 5.11 Å². The van der Waals surface area contributed by atoms with Crippen molar-refractivity contribution in [1.29, 1.82) is 0 Å². The van der Waals surface area contributed by atoms with Gasteiger partial charge in [0.15, 0.2) is 0 Å². The van der Waals surface area contributed by atoms with E-state index in [1.165, 1.54) is 0 Å². The zero-order chi connectivity index (χ0) is 10.6. The van der Waals surface area contributed by atoms with Gasteiger partial charge in [0.25, 0.3) is 0 Å². The summed E-state index contributed by atoms with van der Waals surface area (Å²) in [4.78, 5) is 0. The summed E-state index contributed by atoms with van der Waals surface area (Å²) in [7, 11) is 0. The highest BCUT2D eigenvalue weighted by Crippen LogP contribution is 2.25. The summed E-state index contributed by atoms with van der Waals surface area (Å²) in [6, 6.07) is 5.66. The molecule has 0 aliphatic rings. The Morgan fingerprint density at radius 2 is 2.29 bits per heavy atom. The lowest BCUT2D eigenvalue weighted by atomic mass is 10.2. The fourth-order valence-corrected chi connectivity index (χ4v) is 1.66. The molecule has 1 unspecified atom stereocenters. The molecule has 0 aliphatic carbocycles. The number of rotatable bonds is 4. The van der Waals surface area contributed by atoms with Crippen molar-refractivity contribution in [2.75, 3.05) is 17.7 Å². The van der Waals surface area contributed by atoms with E-state index in [4.69, 9.17) is 10.8 Å². The highest BCUT2D eigenvalue weighted by molar-refractivity contribution is 9.10. The summed E-state index contributed by atoms with van der Waals surface area (Å²) in [6.45, 7) is 2.16.